The molecule has 1 amide bonds. The molecule has 0 spiro atoms. The Labute approximate surface area is 189 Å². The average Bonchev–Trinajstić information content (AvgIpc) is 3.27. The maximum absolute atomic E-state index is 13.5. The molecule has 7 nitrogen and oxygen atoms in total. The van der Waals surface area contributed by atoms with E-state index >= 15 is 0 Å². The van der Waals surface area contributed by atoms with Crippen molar-refractivity contribution in [2.75, 3.05) is 34.4 Å². The summed E-state index contributed by atoms with van der Waals surface area (Å²) in [6, 6.07) is 9.39. The number of carbonyl (C=O) groups excluding carboxylic acids is 1. The monoisotopic (exact) mass is 440 g/mol. The molecule has 0 saturated carbocycles. The molecule has 7 heteroatoms. The zero-order chi connectivity index (χ0) is 23.1. The van der Waals surface area contributed by atoms with Crippen molar-refractivity contribution in [3.63, 3.8) is 0 Å². The number of rotatable bonds is 10. The maximum Gasteiger partial charge on any atom is 0.258 e. The molecule has 1 aliphatic heterocycles. The first-order valence-corrected chi connectivity index (χ1v) is 10.8. The topological polar surface area (TPSA) is 83.3 Å². The summed E-state index contributed by atoms with van der Waals surface area (Å²) in [6.45, 7) is 3.25. The van der Waals surface area contributed by atoms with Crippen molar-refractivity contribution < 1.29 is 23.7 Å². The Balaban J connectivity index is 2.02. The van der Waals surface area contributed by atoms with Crippen molar-refractivity contribution in [2.45, 2.75) is 32.2 Å². The second-order valence-electron chi connectivity index (χ2n) is 7.55. The van der Waals surface area contributed by atoms with E-state index in [0.29, 0.717) is 47.4 Å². The fourth-order valence-electron chi connectivity index (χ4n) is 3.94. The molecular weight excluding hydrogens is 408 g/mol. The lowest BCUT2D eigenvalue weighted by Crippen LogP contribution is -2.36. The van der Waals surface area contributed by atoms with E-state index in [1.165, 1.54) is 21.3 Å². The fraction of sp³-hybridized carbons (Fsp3) is 0.400. The third-order valence-electron chi connectivity index (χ3n) is 5.49. The van der Waals surface area contributed by atoms with Crippen LogP contribution in [-0.4, -0.2) is 51.3 Å². The molecule has 172 valence electrons. The molecule has 0 radical (unpaired) electrons. The highest BCUT2D eigenvalue weighted by Gasteiger charge is 2.31. The van der Waals surface area contributed by atoms with E-state index in [-0.39, 0.29) is 11.9 Å². The predicted molar refractivity (Wildman–Crippen MR) is 124 cm³/mol. The lowest BCUT2D eigenvalue weighted by Gasteiger charge is -2.26. The van der Waals surface area contributed by atoms with Crippen molar-refractivity contribution >= 4 is 5.91 Å². The van der Waals surface area contributed by atoms with Crippen molar-refractivity contribution in [3.05, 3.63) is 53.6 Å². The third-order valence-corrected chi connectivity index (χ3v) is 5.49. The zero-order valence-electron chi connectivity index (χ0n) is 19.2. The smallest absolute Gasteiger partial charge is 0.258 e. The van der Waals surface area contributed by atoms with Crippen LogP contribution in [0.25, 0.3) is 0 Å². The Morgan fingerprint density at radius 1 is 1.06 bits per heavy atom. The molecule has 1 atom stereocenters. The van der Waals surface area contributed by atoms with Gasteiger partial charge in [-0.15, -0.1) is 0 Å². The van der Waals surface area contributed by atoms with Crippen LogP contribution < -0.4 is 24.7 Å². The summed E-state index contributed by atoms with van der Waals surface area (Å²) < 4.78 is 22.9. The summed E-state index contributed by atoms with van der Waals surface area (Å²) in [6.07, 6.45) is 6.77. The van der Waals surface area contributed by atoms with Gasteiger partial charge in [0.2, 0.25) is 11.5 Å². The number of methoxy groups -OCH3 is 3. The van der Waals surface area contributed by atoms with Gasteiger partial charge < -0.3 is 29.6 Å². The molecule has 2 aromatic rings. The number of amides is 1. The van der Waals surface area contributed by atoms with Crippen LogP contribution >= 0.6 is 0 Å². The van der Waals surface area contributed by atoms with Gasteiger partial charge in [-0.2, -0.15) is 0 Å². The molecule has 0 aromatic heterocycles. The first-order valence-electron chi connectivity index (χ1n) is 10.8. The molecule has 1 aliphatic rings. The highest BCUT2D eigenvalue weighted by Crippen LogP contribution is 2.48. The molecule has 3 rings (SSSR count). The van der Waals surface area contributed by atoms with Gasteiger partial charge in [-0.3, -0.25) is 4.79 Å². The SMILES string of the molecule is CCCC1C=CCN1C(=O)c1cc(Oc2ccc(CCN)cc2)c(OC)c(OC)c1OC. The summed E-state index contributed by atoms with van der Waals surface area (Å²) in [5, 5.41) is 0. The van der Waals surface area contributed by atoms with E-state index in [4.69, 9.17) is 24.7 Å². The van der Waals surface area contributed by atoms with Crippen molar-refractivity contribution in [1.82, 2.24) is 4.90 Å². The van der Waals surface area contributed by atoms with Crippen molar-refractivity contribution in [2.24, 2.45) is 5.73 Å². The lowest BCUT2D eigenvalue weighted by molar-refractivity contribution is 0.0740. The van der Waals surface area contributed by atoms with E-state index in [9.17, 15) is 4.79 Å². The molecule has 0 fully saturated rings. The van der Waals surface area contributed by atoms with Crippen LogP contribution in [0.15, 0.2) is 42.5 Å². The van der Waals surface area contributed by atoms with Crippen LogP contribution in [0.4, 0.5) is 0 Å². The normalized spacial score (nSPS) is 15.0. The first kappa shape index (κ1) is 23.5. The minimum atomic E-state index is -0.144. The lowest BCUT2D eigenvalue weighted by atomic mass is 10.1. The van der Waals surface area contributed by atoms with Crippen molar-refractivity contribution in [3.8, 4) is 28.7 Å². The number of benzene rings is 2. The molecule has 32 heavy (non-hydrogen) atoms. The van der Waals surface area contributed by atoms with Crippen LogP contribution in [0.1, 0.15) is 35.7 Å². The fourth-order valence-corrected chi connectivity index (χ4v) is 3.94. The molecule has 0 aliphatic carbocycles. The van der Waals surface area contributed by atoms with Crippen LogP contribution in [0.5, 0.6) is 28.7 Å². The highest BCUT2D eigenvalue weighted by molar-refractivity contribution is 5.99. The summed E-state index contributed by atoms with van der Waals surface area (Å²) in [7, 11) is 4.55. The Kier molecular flexibility index (Phi) is 8.00. The Morgan fingerprint density at radius 2 is 1.75 bits per heavy atom. The van der Waals surface area contributed by atoms with E-state index < -0.39 is 0 Å². The number of carbonyl (C=O) groups is 1. The van der Waals surface area contributed by atoms with Gasteiger partial charge >= 0.3 is 0 Å². The number of nitrogens with two attached hydrogens (primary N) is 1. The summed E-state index contributed by atoms with van der Waals surface area (Å²) in [4.78, 5) is 15.4. The average molecular weight is 441 g/mol. The standard InChI is InChI=1S/C25H32N2O5/c1-5-7-18-8-6-15-27(18)25(28)20-16-21(23(30-3)24(31-4)22(20)29-2)32-19-11-9-17(10-12-19)13-14-26/h6,8-12,16,18H,5,7,13-15,26H2,1-4H3. The van der Waals surface area contributed by atoms with Gasteiger partial charge in [-0.1, -0.05) is 37.6 Å². The van der Waals surface area contributed by atoms with Gasteiger partial charge in [0.05, 0.1) is 32.9 Å². The summed E-state index contributed by atoms with van der Waals surface area (Å²) in [5.41, 5.74) is 7.12. The Morgan fingerprint density at radius 3 is 2.34 bits per heavy atom. The number of hydrogen-bond donors (Lipinski definition) is 1. The van der Waals surface area contributed by atoms with E-state index in [1.54, 1.807) is 6.07 Å². The zero-order valence-corrected chi connectivity index (χ0v) is 19.2. The third kappa shape index (κ3) is 4.83. The van der Waals surface area contributed by atoms with E-state index in [1.807, 2.05) is 35.2 Å². The largest absolute Gasteiger partial charge is 0.492 e. The van der Waals surface area contributed by atoms with Gasteiger partial charge in [0.15, 0.2) is 11.5 Å². The second-order valence-corrected chi connectivity index (χ2v) is 7.55. The van der Waals surface area contributed by atoms with E-state index in [2.05, 4.69) is 13.0 Å². The molecule has 1 heterocycles. The highest BCUT2D eigenvalue weighted by atomic mass is 16.5. The first-order chi connectivity index (χ1) is 15.6. The number of nitrogens with zero attached hydrogens (tertiary/aromatic N) is 1. The maximum atomic E-state index is 13.5. The summed E-state index contributed by atoms with van der Waals surface area (Å²) >= 11 is 0. The quantitative estimate of drug-likeness (QED) is 0.558. The Hall–Kier alpha value is -3.19. The number of ether oxygens (including phenoxy) is 4. The van der Waals surface area contributed by atoms with Crippen LogP contribution in [0.2, 0.25) is 0 Å². The molecule has 0 bridgehead atoms. The van der Waals surface area contributed by atoms with Crippen LogP contribution in [-0.2, 0) is 6.42 Å². The Bertz CT molecular complexity index is 956. The van der Waals surface area contributed by atoms with Crippen molar-refractivity contribution in [1.29, 1.82) is 0 Å². The summed E-state index contributed by atoms with van der Waals surface area (Å²) in [5.74, 6) is 1.84. The van der Waals surface area contributed by atoms with Gasteiger partial charge in [0.1, 0.15) is 5.75 Å². The molecule has 0 saturated heterocycles. The van der Waals surface area contributed by atoms with Gasteiger partial charge in [-0.25, -0.2) is 0 Å². The predicted octanol–water partition coefficient (Wildman–Crippen LogP) is 4.19. The minimum Gasteiger partial charge on any atom is -0.492 e. The van der Waals surface area contributed by atoms with Crippen LogP contribution in [0, 0.1) is 0 Å². The minimum absolute atomic E-state index is 0.0600. The second kappa shape index (κ2) is 10.9. The molecule has 2 N–H and O–H groups in total. The molecular formula is C25H32N2O5. The van der Waals surface area contributed by atoms with Gasteiger partial charge in [0, 0.05) is 12.6 Å². The number of hydrogen-bond acceptors (Lipinski definition) is 6. The van der Waals surface area contributed by atoms with Crippen LogP contribution in [0.3, 0.4) is 0 Å². The molecule has 1 unspecified atom stereocenters. The van der Waals surface area contributed by atoms with E-state index in [0.717, 1.165) is 24.8 Å². The van der Waals surface area contributed by atoms with Gasteiger partial charge in [-0.05, 0) is 37.1 Å². The molecule has 2 aromatic carbocycles. The van der Waals surface area contributed by atoms with Gasteiger partial charge in [0.25, 0.3) is 5.91 Å².